The molecule has 3 fully saturated rings. The summed E-state index contributed by atoms with van der Waals surface area (Å²) in [5, 5.41) is 12.1. The van der Waals surface area contributed by atoms with E-state index in [1.54, 1.807) is 28.9 Å². The van der Waals surface area contributed by atoms with Gasteiger partial charge in [-0.3, -0.25) is 19.2 Å². The highest BCUT2D eigenvalue weighted by Crippen LogP contribution is 2.59. The molecule has 240 valence electrons. The number of anilines is 1. The van der Waals surface area contributed by atoms with Crippen LogP contribution in [-0.2, 0) is 28.7 Å². The van der Waals surface area contributed by atoms with E-state index < -0.39 is 41.7 Å². The van der Waals surface area contributed by atoms with Crippen molar-refractivity contribution < 1.29 is 33.8 Å². The Labute approximate surface area is 260 Å². The molecule has 0 unspecified atom stereocenters. The molecule has 3 aliphatic rings. The van der Waals surface area contributed by atoms with Crippen molar-refractivity contribution in [1.29, 1.82) is 0 Å². The van der Waals surface area contributed by atoms with Crippen molar-refractivity contribution in [1.82, 2.24) is 10.2 Å². The second kappa shape index (κ2) is 14.5. The van der Waals surface area contributed by atoms with Crippen molar-refractivity contribution in [2.24, 2.45) is 11.8 Å². The van der Waals surface area contributed by atoms with Crippen molar-refractivity contribution in [2.75, 3.05) is 31.1 Å². The number of nitrogens with zero attached hydrogens (tertiary/aromatic N) is 2. The minimum absolute atomic E-state index is 0.0497. The number of aryl methyl sites for hydroxylation is 2. The molecule has 2 bridgehead atoms. The smallest absolute Gasteiger partial charge is 0.312 e. The summed E-state index contributed by atoms with van der Waals surface area (Å²) in [6.07, 6.45) is 5.94. The number of aliphatic hydroxyl groups excluding tert-OH is 1. The van der Waals surface area contributed by atoms with Crippen LogP contribution in [0.25, 0.3) is 0 Å². The fourth-order valence-corrected chi connectivity index (χ4v) is 7.21. The first kappa shape index (κ1) is 33.4. The summed E-state index contributed by atoms with van der Waals surface area (Å²) < 4.78 is 12.3. The van der Waals surface area contributed by atoms with Gasteiger partial charge in [-0.05, 0) is 70.4 Å². The lowest BCUT2D eigenvalue weighted by Gasteiger charge is -2.37. The molecule has 4 rings (SSSR count). The molecule has 0 aromatic heterocycles. The molecule has 3 heterocycles. The van der Waals surface area contributed by atoms with Gasteiger partial charge in [-0.15, -0.1) is 13.2 Å². The van der Waals surface area contributed by atoms with Crippen LogP contribution >= 0.6 is 0 Å². The Bertz CT molecular complexity index is 1250. The van der Waals surface area contributed by atoms with Gasteiger partial charge in [-0.1, -0.05) is 30.4 Å². The van der Waals surface area contributed by atoms with Crippen LogP contribution in [0.3, 0.4) is 0 Å². The van der Waals surface area contributed by atoms with Gasteiger partial charge in [-0.25, -0.2) is 0 Å². The van der Waals surface area contributed by atoms with E-state index in [1.807, 2.05) is 32.0 Å². The number of unbranched alkanes of at least 4 members (excludes halogenated alkanes) is 2. The molecule has 0 saturated carbocycles. The summed E-state index contributed by atoms with van der Waals surface area (Å²) in [6, 6.07) is 4.92. The van der Waals surface area contributed by atoms with Gasteiger partial charge < -0.3 is 29.7 Å². The summed E-state index contributed by atoms with van der Waals surface area (Å²) >= 11 is 0. The lowest BCUT2D eigenvalue weighted by Crippen LogP contribution is -2.56. The molecule has 3 aliphatic heterocycles. The Kier molecular flexibility index (Phi) is 11.0. The third kappa shape index (κ3) is 6.47. The third-order valence-electron chi connectivity index (χ3n) is 9.13. The molecule has 44 heavy (non-hydrogen) atoms. The van der Waals surface area contributed by atoms with Gasteiger partial charge in [0.2, 0.25) is 11.8 Å². The Morgan fingerprint density at radius 1 is 1.20 bits per heavy atom. The van der Waals surface area contributed by atoms with E-state index in [-0.39, 0.29) is 37.4 Å². The number of hydrogen-bond acceptors (Lipinski definition) is 7. The molecule has 0 radical (unpaired) electrons. The number of aliphatic hydroxyl groups is 1. The van der Waals surface area contributed by atoms with Gasteiger partial charge in [0, 0.05) is 31.8 Å². The Morgan fingerprint density at radius 3 is 2.59 bits per heavy atom. The van der Waals surface area contributed by atoms with Crippen LogP contribution in [0.1, 0.15) is 63.0 Å². The molecular weight excluding hydrogens is 562 g/mol. The van der Waals surface area contributed by atoms with Crippen molar-refractivity contribution in [3.8, 4) is 0 Å². The zero-order chi connectivity index (χ0) is 32.0. The summed E-state index contributed by atoms with van der Waals surface area (Å²) in [5.41, 5.74) is 1.48. The number of allylic oxidation sites excluding steroid dienone is 1. The van der Waals surface area contributed by atoms with Crippen molar-refractivity contribution >= 4 is 29.4 Å². The van der Waals surface area contributed by atoms with Crippen LogP contribution in [0, 0.1) is 25.7 Å². The summed E-state index contributed by atoms with van der Waals surface area (Å²) in [5.74, 6) is -2.94. The van der Waals surface area contributed by atoms with Gasteiger partial charge in [0.15, 0.2) is 0 Å². The SMILES string of the molecule is C=CCCC(=O)NC[C@@H](C)OC(=O)[C@@H]1[C@H]2C(=O)N(CCCCCO)[C@H](C(=O)N(CC=C)c3c(C)cccc3C)[C@]23CC[C@H]1O3. The Morgan fingerprint density at radius 2 is 1.93 bits per heavy atom. The minimum atomic E-state index is -1.16. The van der Waals surface area contributed by atoms with Crippen molar-refractivity contribution in [2.45, 2.75) is 89.6 Å². The zero-order valence-electron chi connectivity index (χ0n) is 26.3. The Hall–Kier alpha value is -3.50. The Balaban J connectivity index is 1.62. The molecule has 1 aromatic rings. The number of fused-ring (bicyclic) bond motifs is 1. The number of hydrogen-bond donors (Lipinski definition) is 2. The number of benzene rings is 1. The van der Waals surface area contributed by atoms with Crippen LogP contribution in [-0.4, -0.2) is 83.8 Å². The van der Waals surface area contributed by atoms with Gasteiger partial charge in [-0.2, -0.15) is 0 Å². The van der Waals surface area contributed by atoms with E-state index in [1.165, 1.54) is 0 Å². The highest BCUT2D eigenvalue weighted by Gasteiger charge is 2.75. The van der Waals surface area contributed by atoms with E-state index in [0.29, 0.717) is 51.5 Å². The zero-order valence-corrected chi connectivity index (χ0v) is 26.3. The van der Waals surface area contributed by atoms with E-state index in [9.17, 15) is 24.3 Å². The first-order valence-electron chi connectivity index (χ1n) is 15.8. The fourth-order valence-electron chi connectivity index (χ4n) is 7.21. The fraction of sp³-hybridized carbons (Fsp3) is 0.588. The van der Waals surface area contributed by atoms with Crippen LogP contribution in [0.2, 0.25) is 0 Å². The van der Waals surface area contributed by atoms with Gasteiger partial charge in [0.1, 0.15) is 17.7 Å². The van der Waals surface area contributed by atoms with E-state index >= 15 is 0 Å². The predicted molar refractivity (Wildman–Crippen MR) is 167 cm³/mol. The molecule has 6 atom stereocenters. The second-order valence-electron chi connectivity index (χ2n) is 12.2. The number of carbonyl (C=O) groups excluding carboxylic acids is 4. The number of esters is 1. The summed E-state index contributed by atoms with van der Waals surface area (Å²) in [6.45, 7) is 13.9. The van der Waals surface area contributed by atoms with E-state index in [2.05, 4.69) is 18.5 Å². The highest BCUT2D eigenvalue weighted by molar-refractivity contribution is 6.05. The van der Waals surface area contributed by atoms with Crippen LogP contribution in [0.5, 0.6) is 0 Å². The monoisotopic (exact) mass is 609 g/mol. The van der Waals surface area contributed by atoms with E-state index in [4.69, 9.17) is 9.47 Å². The third-order valence-corrected chi connectivity index (χ3v) is 9.13. The standard InChI is InChI=1S/C34H47N3O7/c1-6-8-15-26(39)35-21-24(5)43-33(42)27-25-16-17-34(44-25)28(27)31(40)37(19-10-9-11-20-38)30(34)32(41)36(18-7-2)29-22(3)13-12-14-23(29)4/h6-7,12-14,24-25,27-28,30,38H,1-2,8-11,15-21H2,3-5H3,(H,35,39)/t24-,25-,27+,28+,30-,34+/m1/s1. The summed E-state index contributed by atoms with van der Waals surface area (Å²) in [4.78, 5) is 57.9. The van der Waals surface area contributed by atoms with Crippen molar-refractivity contribution in [3.63, 3.8) is 0 Å². The molecular formula is C34H47N3O7. The summed E-state index contributed by atoms with van der Waals surface area (Å²) in [7, 11) is 0. The maximum absolute atomic E-state index is 14.7. The molecule has 2 N–H and O–H groups in total. The number of amides is 3. The number of para-hydroxylation sites is 1. The minimum Gasteiger partial charge on any atom is -0.460 e. The number of rotatable bonds is 16. The van der Waals surface area contributed by atoms with Gasteiger partial charge in [0.05, 0.1) is 24.5 Å². The molecule has 1 aromatic carbocycles. The van der Waals surface area contributed by atoms with Crippen LogP contribution < -0.4 is 10.2 Å². The van der Waals surface area contributed by atoms with Crippen molar-refractivity contribution in [3.05, 3.63) is 54.6 Å². The molecule has 3 amide bonds. The molecule has 10 heteroatoms. The van der Waals surface area contributed by atoms with Crippen LogP contribution in [0.4, 0.5) is 5.69 Å². The quantitative estimate of drug-likeness (QED) is 0.167. The first-order chi connectivity index (χ1) is 21.1. The number of ether oxygens (including phenoxy) is 2. The average molecular weight is 610 g/mol. The molecule has 1 spiro atoms. The number of likely N-dealkylation sites (tertiary alicyclic amines) is 1. The molecule has 0 aliphatic carbocycles. The lowest BCUT2D eigenvalue weighted by molar-refractivity contribution is -0.159. The number of nitrogens with one attached hydrogen (secondary N) is 1. The van der Waals surface area contributed by atoms with Gasteiger partial charge in [0.25, 0.3) is 5.91 Å². The maximum atomic E-state index is 14.7. The molecule has 3 saturated heterocycles. The van der Waals surface area contributed by atoms with Crippen LogP contribution in [0.15, 0.2) is 43.5 Å². The highest BCUT2D eigenvalue weighted by atomic mass is 16.6. The predicted octanol–water partition coefficient (Wildman–Crippen LogP) is 3.37. The maximum Gasteiger partial charge on any atom is 0.312 e. The first-order valence-corrected chi connectivity index (χ1v) is 15.8. The van der Waals surface area contributed by atoms with E-state index in [0.717, 1.165) is 16.8 Å². The average Bonchev–Trinajstić information content (AvgIpc) is 3.63. The lowest BCUT2D eigenvalue weighted by atomic mass is 9.70. The largest absolute Gasteiger partial charge is 0.460 e. The van der Waals surface area contributed by atoms with Gasteiger partial charge >= 0.3 is 5.97 Å². The normalized spacial score (nSPS) is 25.8. The number of carbonyl (C=O) groups is 4. The molecule has 10 nitrogen and oxygen atoms in total. The topological polar surface area (TPSA) is 125 Å². The second-order valence-corrected chi connectivity index (χ2v) is 12.2.